The van der Waals surface area contributed by atoms with Gasteiger partial charge in [0.15, 0.2) is 0 Å². The van der Waals surface area contributed by atoms with Crippen molar-refractivity contribution in [3.05, 3.63) is 0 Å². The molecule has 0 aromatic carbocycles. The van der Waals surface area contributed by atoms with Crippen molar-refractivity contribution in [1.29, 1.82) is 0 Å². The van der Waals surface area contributed by atoms with Crippen LogP contribution in [0.25, 0.3) is 0 Å². The predicted molar refractivity (Wildman–Crippen MR) is 64.2 cm³/mol. The maximum absolute atomic E-state index is 11.6. The van der Waals surface area contributed by atoms with E-state index in [0.29, 0.717) is 19.0 Å². The summed E-state index contributed by atoms with van der Waals surface area (Å²) >= 11 is 0. The minimum Gasteiger partial charge on any atom is -0.395 e. The molecule has 1 aliphatic rings. The molecule has 2 N–H and O–H groups in total. The molecule has 4 nitrogen and oxygen atoms in total. The van der Waals surface area contributed by atoms with E-state index in [-0.39, 0.29) is 12.5 Å². The topological polar surface area (TPSA) is 52.6 Å². The molecule has 0 atom stereocenters. The largest absolute Gasteiger partial charge is 0.395 e. The van der Waals surface area contributed by atoms with Gasteiger partial charge in [-0.05, 0) is 31.7 Å². The molecule has 0 bridgehead atoms. The van der Waals surface area contributed by atoms with Gasteiger partial charge in [-0.1, -0.05) is 13.3 Å². The summed E-state index contributed by atoms with van der Waals surface area (Å²) in [6.07, 6.45) is 4.84. The number of aliphatic hydroxyl groups is 1. The third kappa shape index (κ3) is 4.94. The molecule has 94 valence electrons. The summed E-state index contributed by atoms with van der Waals surface area (Å²) in [5, 5.41) is 11.8. The van der Waals surface area contributed by atoms with Crippen LogP contribution < -0.4 is 5.32 Å². The Bertz CT molecular complexity index is 199. The summed E-state index contributed by atoms with van der Waals surface area (Å²) in [6.45, 7) is 4.91. The van der Waals surface area contributed by atoms with Gasteiger partial charge in [-0.3, -0.25) is 9.69 Å². The highest BCUT2D eigenvalue weighted by atomic mass is 16.3. The second-order valence-corrected chi connectivity index (χ2v) is 4.60. The molecule has 0 heterocycles. The molecular formula is C12H24N2O2. The number of carbonyl (C=O) groups excluding carboxylic acids is 1. The SMILES string of the molecule is CCCN(CCO)CC(=O)NCC1CCC1. The van der Waals surface area contributed by atoms with Crippen molar-refractivity contribution in [3.8, 4) is 0 Å². The molecule has 1 aliphatic carbocycles. The molecule has 0 unspecified atom stereocenters. The summed E-state index contributed by atoms with van der Waals surface area (Å²) in [7, 11) is 0. The van der Waals surface area contributed by atoms with E-state index in [0.717, 1.165) is 19.5 Å². The molecule has 1 fully saturated rings. The first-order valence-corrected chi connectivity index (χ1v) is 6.36. The maximum atomic E-state index is 11.6. The monoisotopic (exact) mass is 228 g/mol. The molecule has 0 spiro atoms. The van der Waals surface area contributed by atoms with Gasteiger partial charge in [-0.15, -0.1) is 0 Å². The molecule has 1 saturated carbocycles. The van der Waals surface area contributed by atoms with Crippen LogP contribution in [0.3, 0.4) is 0 Å². The molecule has 0 aromatic rings. The lowest BCUT2D eigenvalue weighted by Gasteiger charge is -2.26. The van der Waals surface area contributed by atoms with Crippen molar-refractivity contribution in [3.63, 3.8) is 0 Å². The highest BCUT2D eigenvalue weighted by Gasteiger charge is 2.18. The van der Waals surface area contributed by atoms with Crippen molar-refractivity contribution < 1.29 is 9.90 Å². The molecule has 0 saturated heterocycles. The molecule has 1 amide bonds. The second-order valence-electron chi connectivity index (χ2n) is 4.60. The zero-order valence-corrected chi connectivity index (χ0v) is 10.2. The van der Waals surface area contributed by atoms with Crippen LogP contribution in [0.4, 0.5) is 0 Å². The van der Waals surface area contributed by atoms with E-state index >= 15 is 0 Å². The quantitative estimate of drug-likeness (QED) is 0.640. The Balaban J connectivity index is 2.13. The molecular weight excluding hydrogens is 204 g/mol. The van der Waals surface area contributed by atoms with E-state index < -0.39 is 0 Å². The molecule has 1 rings (SSSR count). The van der Waals surface area contributed by atoms with Crippen molar-refractivity contribution in [1.82, 2.24) is 10.2 Å². The van der Waals surface area contributed by atoms with Crippen LogP contribution in [-0.2, 0) is 4.79 Å². The number of nitrogens with zero attached hydrogens (tertiary/aromatic N) is 1. The summed E-state index contributed by atoms with van der Waals surface area (Å²) in [5.74, 6) is 0.801. The normalized spacial score (nSPS) is 16.2. The van der Waals surface area contributed by atoms with Crippen molar-refractivity contribution in [2.75, 3.05) is 32.8 Å². The fraction of sp³-hybridized carbons (Fsp3) is 0.917. The minimum atomic E-state index is 0.0915. The van der Waals surface area contributed by atoms with Crippen LogP contribution >= 0.6 is 0 Å². The van der Waals surface area contributed by atoms with Crippen molar-refractivity contribution in [2.24, 2.45) is 5.92 Å². The van der Waals surface area contributed by atoms with Crippen LogP contribution in [0.2, 0.25) is 0 Å². The van der Waals surface area contributed by atoms with Crippen LogP contribution in [0.15, 0.2) is 0 Å². The van der Waals surface area contributed by atoms with E-state index in [4.69, 9.17) is 5.11 Å². The Morgan fingerprint density at radius 2 is 2.19 bits per heavy atom. The van der Waals surface area contributed by atoms with Gasteiger partial charge in [0.2, 0.25) is 5.91 Å². The fourth-order valence-electron chi connectivity index (χ4n) is 1.94. The lowest BCUT2D eigenvalue weighted by molar-refractivity contribution is -0.122. The highest BCUT2D eigenvalue weighted by Crippen LogP contribution is 2.24. The predicted octanol–water partition coefficient (Wildman–Crippen LogP) is 0.607. The lowest BCUT2D eigenvalue weighted by atomic mass is 9.85. The van der Waals surface area contributed by atoms with Crippen molar-refractivity contribution in [2.45, 2.75) is 32.6 Å². The van der Waals surface area contributed by atoms with Gasteiger partial charge in [0, 0.05) is 13.1 Å². The van der Waals surface area contributed by atoms with E-state index in [1.165, 1.54) is 19.3 Å². The number of amides is 1. The minimum absolute atomic E-state index is 0.0915. The Kier molecular flexibility index (Phi) is 6.42. The van der Waals surface area contributed by atoms with Gasteiger partial charge >= 0.3 is 0 Å². The van der Waals surface area contributed by atoms with Crippen LogP contribution in [0.5, 0.6) is 0 Å². The number of carbonyl (C=O) groups is 1. The van der Waals surface area contributed by atoms with Gasteiger partial charge in [0.1, 0.15) is 0 Å². The second kappa shape index (κ2) is 7.63. The zero-order chi connectivity index (χ0) is 11.8. The number of aliphatic hydroxyl groups excluding tert-OH is 1. The number of hydrogen-bond donors (Lipinski definition) is 2. The number of rotatable bonds is 8. The zero-order valence-electron chi connectivity index (χ0n) is 10.2. The lowest BCUT2D eigenvalue weighted by Crippen LogP contribution is -2.41. The third-order valence-corrected chi connectivity index (χ3v) is 3.14. The number of hydrogen-bond acceptors (Lipinski definition) is 3. The third-order valence-electron chi connectivity index (χ3n) is 3.14. The van der Waals surface area contributed by atoms with Gasteiger partial charge in [-0.25, -0.2) is 0 Å². The first kappa shape index (κ1) is 13.5. The van der Waals surface area contributed by atoms with Crippen LogP contribution in [0.1, 0.15) is 32.6 Å². The molecule has 0 radical (unpaired) electrons. The standard InChI is InChI=1S/C12H24N2O2/c1-2-6-14(7-8-15)10-12(16)13-9-11-4-3-5-11/h11,15H,2-10H2,1H3,(H,13,16). The van der Waals surface area contributed by atoms with Gasteiger partial charge in [0.25, 0.3) is 0 Å². The summed E-state index contributed by atoms with van der Waals surface area (Å²) in [5.41, 5.74) is 0. The smallest absolute Gasteiger partial charge is 0.234 e. The molecule has 0 aromatic heterocycles. The Morgan fingerprint density at radius 1 is 1.44 bits per heavy atom. The van der Waals surface area contributed by atoms with Gasteiger partial charge < -0.3 is 10.4 Å². The first-order chi connectivity index (χ1) is 7.76. The molecule has 4 heteroatoms. The van der Waals surface area contributed by atoms with Crippen LogP contribution in [0, 0.1) is 5.92 Å². The number of nitrogens with one attached hydrogen (secondary N) is 1. The van der Waals surface area contributed by atoms with E-state index in [2.05, 4.69) is 12.2 Å². The van der Waals surface area contributed by atoms with E-state index in [1.807, 2.05) is 4.90 Å². The fourth-order valence-corrected chi connectivity index (χ4v) is 1.94. The van der Waals surface area contributed by atoms with Gasteiger partial charge in [-0.2, -0.15) is 0 Å². The van der Waals surface area contributed by atoms with Crippen molar-refractivity contribution >= 4 is 5.91 Å². The Morgan fingerprint density at radius 3 is 2.69 bits per heavy atom. The summed E-state index contributed by atoms with van der Waals surface area (Å²) in [6, 6.07) is 0. The van der Waals surface area contributed by atoms with Crippen LogP contribution in [-0.4, -0.2) is 48.7 Å². The first-order valence-electron chi connectivity index (χ1n) is 6.36. The van der Waals surface area contributed by atoms with Gasteiger partial charge in [0.05, 0.1) is 13.2 Å². The highest BCUT2D eigenvalue weighted by molar-refractivity contribution is 5.78. The van der Waals surface area contributed by atoms with E-state index in [1.54, 1.807) is 0 Å². The summed E-state index contributed by atoms with van der Waals surface area (Å²) < 4.78 is 0. The average Bonchev–Trinajstić information content (AvgIpc) is 2.16. The van der Waals surface area contributed by atoms with E-state index in [9.17, 15) is 4.79 Å². The Labute approximate surface area is 98.0 Å². The maximum Gasteiger partial charge on any atom is 0.234 e. The molecule has 16 heavy (non-hydrogen) atoms. The Hall–Kier alpha value is -0.610. The molecule has 0 aliphatic heterocycles. The average molecular weight is 228 g/mol. The summed E-state index contributed by atoms with van der Waals surface area (Å²) in [4.78, 5) is 13.6.